The van der Waals surface area contributed by atoms with Crippen molar-refractivity contribution in [2.24, 2.45) is 0 Å². The first-order valence-electron chi connectivity index (χ1n) is 17.9. The van der Waals surface area contributed by atoms with Crippen LogP contribution in [0.4, 0.5) is 17.1 Å². The largest absolute Gasteiger partial charge is 0.310 e. The lowest BCUT2D eigenvalue weighted by Crippen LogP contribution is -2.17. The second kappa shape index (κ2) is 12.3. The lowest BCUT2D eigenvalue weighted by Gasteiger charge is -2.31. The Kier molecular flexibility index (Phi) is 7.44. The highest BCUT2D eigenvalue weighted by Crippen LogP contribution is 2.53. The Bertz CT molecular complexity index is 2570. The van der Waals surface area contributed by atoms with Gasteiger partial charge < -0.3 is 4.90 Å². The van der Waals surface area contributed by atoms with Gasteiger partial charge in [0, 0.05) is 22.4 Å². The molecule has 1 heteroatoms. The maximum absolute atomic E-state index is 2.47. The van der Waals surface area contributed by atoms with Crippen LogP contribution < -0.4 is 4.90 Å². The molecule has 1 nitrogen and oxygen atoms in total. The third kappa shape index (κ3) is 5.16. The molecule has 0 N–H and O–H groups in total. The Morgan fingerprint density at radius 2 is 0.882 bits per heavy atom. The molecule has 244 valence electrons. The van der Waals surface area contributed by atoms with Crippen LogP contribution in [0.15, 0.2) is 182 Å². The normalized spacial score (nSPS) is 12.8. The maximum Gasteiger partial charge on any atom is 0.0540 e. The first-order chi connectivity index (χ1) is 25.0. The molecule has 8 aromatic rings. The summed E-state index contributed by atoms with van der Waals surface area (Å²) in [6.45, 7) is 6.97. The van der Waals surface area contributed by atoms with E-state index < -0.39 is 0 Å². The van der Waals surface area contributed by atoms with Crippen molar-refractivity contribution in [3.05, 3.63) is 199 Å². The van der Waals surface area contributed by atoms with Crippen molar-refractivity contribution >= 4 is 27.8 Å². The van der Waals surface area contributed by atoms with E-state index in [2.05, 4.69) is 208 Å². The molecular weight excluding hydrogens is 615 g/mol. The van der Waals surface area contributed by atoms with E-state index in [9.17, 15) is 0 Å². The standard InChI is InChI=1S/C50H39N/c1-34-17-7-15-27-48(34)51(38-29-30-43-45-31-36-20-8-9-21-37(36)32-46(45)50(2,3)47(43)33-38)49-28-16-14-26-44(49)42-25-13-12-24-41(42)40-23-11-10-22-39(40)35-18-5-4-6-19-35/h4-33H,1-3H3. The highest BCUT2D eigenvalue weighted by atomic mass is 15.1. The van der Waals surface area contributed by atoms with Crippen LogP contribution in [0, 0.1) is 6.92 Å². The fourth-order valence-electron chi connectivity index (χ4n) is 8.21. The van der Waals surface area contributed by atoms with Gasteiger partial charge in [0.2, 0.25) is 0 Å². The van der Waals surface area contributed by atoms with Gasteiger partial charge in [-0.15, -0.1) is 0 Å². The van der Waals surface area contributed by atoms with Crippen LogP contribution in [-0.2, 0) is 5.41 Å². The van der Waals surface area contributed by atoms with E-state index in [-0.39, 0.29) is 5.41 Å². The van der Waals surface area contributed by atoms with Crippen molar-refractivity contribution in [2.75, 3.05) is 4.90 Å². The minimum atomic E-state index is -0.143. The fourth-order valence-corrected chi connectivity index (χ4v) is 8.21. The van der Waals surface area contributed by atoms with Gasteiger partial charge in [-0.05, 0) is 110 Å². The zero-order valence-corrected chi connectivity index (χ0v) is 29.3. The summed E-state index contributed by atoms with van der Waals surface area (Å²) >= 11 is 0. The average molecular weight is 654 g/mol. The second-order valence-corrected chi connectivity index (χ2v) is 14.2. The van der Waals surface area contributed by atoms with Crippen LogP contribution in [0.25, 0.3) is 55.3 Å². The number of rotatable bonds is 6. The van der Waals surface area contributed by atoms with Crippen molar-refractivity contribution in [3.8, 4) is 44.5 Å². The number of fused-ring (bicyclic) bond motifs is 4. The maximum atomic E-state index is 2.47. The smallest absolute Gasteiger partial charge is 0.0540 e. The van der Waals surface area contributed by atoms with Crippen molar-refractivity contribution < 1.29 is 0 Å². The lowest BCUT2D eigenvalue weighted by molar-refractivity contribution is 0.661. The molecule has 0 fully saturated rings. The minimum Gasteiger partial charge on any atom is -0.310 e. The highest BCUT2D eigenvalue weighted by Gasteiger charge is 2.36. The summed E-state index contributed by atoms with van der Waals surface area (Å²) in [5, 5.41) is 2.58. The van der Waals surface area contributed by atoms with Gasteiger partial charge in [0.15, 0.2) is 0 Å². The minimum absolute atomic E-state index is 0.143. The molecule has 0 amide bonds. The molecule has 51 heavy (non-hydrogen) atoms. The number of benzene rings is 8. The van der Waals surface area contributed by atoms with Crippen LogP contribution in [0.2, 0.25) is 0 Å². The van der Waals surface area contributed by atoms with Crippen molar-refractivity contribution in [3.63, 3.8) is 0 Å². The third-order valence-corrected chi connectivity index (χ3v) is 10.8. The molecule has 0 unspecified atom stereocenters. The van der Waals surface area contributed by atoms with E-state index in [0.717, 1.165) is 11.4 Å². The van der Waals surface area contributed by atoms with E-state index in [1.165, 1.54) is 77.7 Å². The molecular formula is C50H39N. The molecule has 9 rings (SSSR count). The second-order valence-electron chi connectivity index (χ2n) is 14.2. The summed E-state index contributed by atoms with van der Waals surface area (Å²) < 4.78 is 0. The number of hydrogen-bond donors (Lipinski definition) is 0. The van der Waals surface area contributed by atoms with Gasteiger partial charge in [-0.2, -0.15) is 0 Å². The summed E-state index contributed by atoms with van der Waals surface area (Å²) in [4.78, 5) is 2.47. The lowest BCUT2D eigenvalue weighted by atomic mass is 9.81. The number of para-hydroxylation sites is 2. The van der Waals surface area contributed by atoms with Crippen molar-refractivity contribution in [1.29, 1.82) is 0 Å². The quantitative estimate of drug-likeness (QED) is 0.173. The number of aryl methyl sites for hydroxylation is 1. The molecule has 1 aliphatic carbocycles. The fraction of sp³-hybridized carbons (Fsp3) is 0.0800. The predicted octanol–water partition coefficient (Wildman–Crippen LogP) is 13.9. The van der Waals surface area contributed by atoms with E-state index in [1.54, 1.807) is 0 Å². The zero-order chi connectivity index (χ0) is 34.5. The molecule has 0 saturated heterocycles. The van der Waals surface area contributed by atoms with E-state index in [1.807, 2.05) is 0 Å². The molecule has 0 spiro atoms. The van der Waals surface area contributed by atoms with Gasteiger partial charge in [0.05, 0.1) is 5.69 Å². The number of nitrogens with zero attached hydrogens (tertiary/aromatic N) is 1. The van der Waals surface area contributed by atoms with E-state index in [0.29, 0.717) is 0 Å². The van der Waals surface area contributed by atoms with Crippen LogP contribution in [0.3, 0.4) is 0 Å². The van der Waals surface area contributed by atoms with Crippen LogP contribution in [-0.4, -0.2) is 0 Å². The van der Waals surface area contributed by atoms with Gasteiger partial charge in [0.1, 0.15) is 0 Å². The SMILES string of the molecule is Cc1ccccc1N(c1ccc2c(c1)C(C)(C)c1cc3ccccc3cc1-2)c1ccccc1-c1ccccc1-c1ccccc1-c1ccccc1. The molecule has 0 saturated carbocycles. The average Bonchev–Trinajstić information content (AvgIpc) is 3.40. The zero-order valence-electron chi connectivity index (χ0n) is 29.3. The molecule has 0 bridgehead atoms. The monoisotopic (exact) mass is 653 g/mol. The van der Waals surface area contributed by atoms with Gasteiger partial charge in [0.25, 0.3) is 0 Å². The Hall–Kier alpha value is -6.18. The summed E-state index contributed by atoms with van der Waals surface area (Å²) in [5.41, 5.74) is 17.3. The Morgan fingerprint density at radius 1 is 0.373 bits per heavy atom. The molecule has 8 aromatic carbocycles. The Labute approximate surface area is 301 Å². The van der Waals surface area contributed by atoms with Crippen LogP contribution in [0.1, 0.15) is 30.5 Å². The predicted molar refractivity (Wildman–Crippen MR) is 217 cm³/mol. The summed E-state index contributed by atoms with van der Waals surface area (Å²) in [6, 6.07) is 66.6. The van der Waals surface area contributed by atoms with Crippen molar-refractivity contribution in [2.45, 2.75) is 26.2 Å². The summed E-state index contributed by atoms with van der Waals surface area (Å²) in [5.74, 6) is 0. The molecule has 0 aliphatic heterocycles. The molecule has 0 aromatic heterocycles. The topological polar surface area (TPSA) is 3.24 Å². The Morgan fingerprint density at radius 3 is 1.59 bits per heavy atom. The van der Waals surface area contributed by atoms with Crippen molar-refractivity contribution in [1.82, 2.24) is 0 Å². The summed E-state index contributed by atoms with van der Waals surface area (Å²) in [7, 11) is 0. The first-order valence-corrected chi connectivity index (χ1v) is 17.9. The first kappa shape index (κ1) is 30.8. The number of anilines is 3. The molecule has 1 aliphatic rings. The molecule has 0 heterocycles. The van der Waals surface area contributed by atoms with Gasteiger partial charge in [-0.25, -0.2) is 0 Å². The van der Waals surface area contributed by atoms with Gasteiger partial charge in [-0.3, -0.25) is 0 Å². The molecule has 0 radical (unpaired) electrons. The van der Waals surface area contributed by atoms with Gasteiger partial charge in [-0.1, -0.05) is 159 Å². The third-order valence-electron chi connectivity index (χ3n) is 10.8. The van der Waals surface area contributed by atoms with Crippen LogP contribution >= 0.6 is 0 Å². The Balaban J connectivity index is 1.24. The number of hydrogen-bond acceptors (Lipinski definition) is 1. The van der Waals surface area contributed by atoms with Gasteiger partial charge >= 0.3 is 0 Å². The van der Waals surface area contributed by atoms with Crippen LogP contribution in [0.5, 0.6) is 0 Å². The van der Waals surface area contributed by atoms with E-state index in [4.69, 9.17) is 0 Å². The van der Waals surface area contributed by atoms with E-state index >= 15 is 0 Å². The molecule has 0 atom stereocenters. The highest BCUT2D eigenvalue weighted by molar-refractivity contribution is 5.98. The summed E-state index contributed by atoms with van der Waals surface area (Å²) in [6.07, 6.45) is 0.